The van der Waals surface area contributed by atoms with Crippen LogP contribution >= 0.6 is 0 Å². The van der Waals surface area contributed by atoms with Crippen molar-refractivity contribution in [3.05, 3.63) is 47.3 Å². The highest BCUT2D eigenvalue weighted by Gasteiger charge is 2.58. The molecule has 36 heavy (non-hydrogen) atoms. The van der Waals surface area contributed by atoms with Crippen molar-refractivity contribution in [2.75, 3.05) is 31.4 Å². The molecule has 1 saturated carbocycles. The quantitative estimate of drug-likeness (QED) is 0.222. The second-order valence-electron chi connectivity index (χ2n) is 8.56. The third-order valence-corrected chi connectivity index (χ3v) is 5.68. The molecule has 1 fully saturated rings. The normalized spacial score (nSPS) is 17.6. The largest absolute Gasteiger partial charge is 0.493 e. The Labute approximate surface area is 203 Å². The molecule has 0 amide bonds. The minimum Gasteiger partial charge on any atom is -0.493 e. The molecule has 0 radical (unpaired) electrons. The van der Waals surface area contributed by atoms with E-state index < -0.39 is 29.8 Å². The summed E-state index contributed by atoms with van der Waals surface area (Å²) in [5, 5.41) is 3.66. The summed E-state index contributed by atoms with van der Waals surface area (Å²) >= 11 is 0. The maximum Gasteiger partial charge on any atom is 0.416 e. The van der Waals surface area contributed by atoms with Crippen LogP contribution in [0.3, 0.4) is 0 Å². The van der Waals surface area contributed by atoms with E-state index in [0.29, 0.717) is 39.6 Å². The number of anilines is 2. The number of hydrogen-bond donors (Lipinski definition) is 2. The van der Waals surface area contributed by atoms with Crippen LogP contribution in [0.25, 0.3) is 10.9 Å². The number of aromatic nitrogens is 2. The van der Waals surface area contributed by atoms with Crippen molar-refractivity contribution in [1.29, 1.82) is 0 Å². The Morgan fingerprint density at radius 2 is 1.83 bits per heavy atom. The van der Waals surface area contributed by atoms with Gasteiger partial charge in [-0.3, -0.25) is 0 Å². The van der Waals surface area contributed by atoms with E-state index in [4.69, 9.17) is 19.9 Å². The Morgan fingerprint density at radius 1 is 1.11 bits per heavy atom. The average molecular weight is 512 g/mol. The van der Waals surface area contributed by atoms with E-state index in [-0.39, 0.29) is 25.3 Å². The fraction of sp³-hybridized carbons (Fsp3) is 0.417. The number of nitrogens with one attached hydrogen (secondary N) is 1. The summed E-state index contributed by atoms with van der Waals surface area (Å²) in [6, 6.07) is 6.04. The van der Waals surface area contributed by atoms with Crippen LogP contribution in [0.4, 0.5) is 33.5 Å². The Kier molecular flexibility index (Phi) is 6.82. The van der Waals surface area contributed by atoms with Gasteiger partial charge in [0.25, 0.3) is 5.92 Å². The number of aryl methyl sites for hydroxylation is 1. The number of alkyl halides is 5. The van der Waals surface area contributed by atoms with Crippen molar-refractivity contribution >= 4 is 22.4 Å². The number of halogens is 5. The van der Waals surface area contributed by atoms with E-state index >= 15 is 0 Å². The van der Waals surface area contributed by atoms with Gasteiger partial charge in [-0.1, -0.05) is 0 Å². The van der Waals surface area contributed by atoms with Crippen LogP contribution in [-0.2, 0) is 10.9 Å². The summed E-state index contributed by atoms with van der Waals surface area (Å²) in [5.41, 5.74) is 5.69. The molecule has 12 heteroatoms. The number of hydrogen-bond acceptors (Lipinski definition) is 7. The lowest BCUT2D eigenvalue weighted by Gasteiger charge is -2.20. The molecule has 3 N–H and O–H groups in total. The maximum absolute atomic E-state index is 13.3. The number of nitrogens with two attached hydrogens (primary N) is 1. The van der Waals surface area contributed by atoms with E-state index in [1.54, 1.807) is 26.0 Å². The third kappa shape index (κ3) is 5.69. The van der Waals surface area contributed by atoms with E-state index in [0.717, 1.165) is 12.1 Å². The SMILES string of the molecule is COc1cc2nc(C)nc(NC(C)c3cc(N)cc(C(F)(F)F)c3)c2cc1OCCOC1CC1(F)F. The number of nitrogen functional groups attached to an aromatic ring is 1. The van der Waals surface area contributed by atoms with Gasteiger partial charge in [-0.15, -0.1) is 0 Å². The Morgan fingerprint density at radius 3 is 2.47 bits per heavy atom. The predicted molar refractivity (Wildman–Crippen MR) is 124 cm³/mol. The average Bonchev–Trinajstić information content (AvgIpc) is 3.41. The topological polar surface area (TPSA) is 91.5 Å². The summed E-state index contributed by atoms with van der Waals surface area (Å²) in [5.74, 6) is -1.32. The molecule has 1 aromatic heterocycles. The van der Waals surface area contributed by atoms with E-state index in [9.17, 15) is 22.0 Å². The van der Waals surface area contributed by atoms with Gasteiger partial charge in [0.15, 0.2) is 11.5 Å². The van der Waals surface area contributed by atoms with Crippen LogP contribution < -0.4 is 20.5 Å². The van der Waals surface area contributed by atoms with Crippen molar-refractivity contribution in [2.24, 2.45) is 0 Å². The predicted octanol–water partition coefficient (Wildman–Crippen LogP) is 5.52. The molecule has 0 aliphatic heterocycles. The van der Waals surface area contributed by atoms with E-state index in [1.807, 2.05) is 0 Å². The number of nitrogens with zero attached hydrogens (tertiary/aromatic N) is 2. The first-order chi connectivity index (χ1) is 16.9. The molecule has 3 aromatic rings. The van der Waals surface area contributed by atoms with Gasteiger partial charge in [-0.05, 0) is 43.7 Å². The molecule has 1 aliphatic rings. The van der Waals surface area contributed by atoms with Crippen molar-refractivity contribution in [1.82, 2.24) is 9.97 Å². The lowest BCUT2D eigenvalue weighted by molar-refractivity contribution is -0.137. The number of benzene rings is 2. The van der Waals surface area contributed by atoms with Crippen LogP contribution in [0, 0.1) is 6.92 Å². The fourth-order valence-corrected chi connectivity index (χ4v) is 3.72. The standard InChI is InChI=1S/C24H25F5N4O3/c1-12(14-6-15(24(27,28)29)8-16(30)7-14)31-22-17-9-20(35-4-5-36-21-11-23(21,25)26)19(34-3)10-18(17)32-13(2)33-22/h6-10,12,21H,4-5,11,30H2,1-3H3,(H,31,32,33). The third-order valence-electron chi connectivity index (χ3n) is 5.68. The molecule has 194 valence electrons. The molecular weight excluding hydrogens is 487 g/mol. The molecule has 4 rings (SSSR count). The second-order valence-corrected chi connectivity index (χ2v) is 8.56. The van der Waals surface area contributed by atoms with Crippen molar-refractivity contribution in [2.45, 2.75) is 44.5 Å². The van der Waals surface area contributed by atoms with E-state index in [1.165, 1.54) is 13.2 Å². The molecule has 1 heterocycles. The summed E-state index contributed by atoms with van der Waals surface area (Å²) in [7, 11) is 1.45. The van der Waals surface area contributed by atoms with Crippen molar-refractivity contribution < 1.29 is 36.2 Å². The maximum atomic E-state index is 13.3. The van der Waals surface area contributed by atoms with Crippen LogP contribution in [0.15, 0.2) is 30.3 Å². The first kappa shape index (κ1) is 25.7. The van der Waals surface area contributed by atoms with Crippen LogP contribution in [0.2, 0.25) is 0 Å². The Hall–Kier alpha value is -3.41. The van der Waals surface area contributed by atoms with Gasteiger partial charge >= 0.3 is 6.18 Å². The Bertz CT molecular complexity index is 1270. The zero-order valence-electron chi connectivity index (χ0n) is 19.7. The monoisotopic (exact) mass is 512 g/mol. The zero-order valence-corrected chi connectivity index (χ0v) is 19.7. The minimum atomic E-state index is -4.54. The van der Waals surface area contributed by atoms with Gasteiger partial charge in [0.05, 0.1) is 30.8 Å². The van der Waals surface area contributed by atoms with Gasteiger partial charge in [0, 0.05) is 23.6 Å². The summed E-state index contributed by atoms with van der Waals surface area (Å²) in [6.45, 7) is 3.33. The molecule has 1 aliphatic carbocycles. The number of methoxy groups -OCH3 is 1. The summed E-state index contributed by atoms with van der Waals surface area (Å²) in [4.78, 5) is 8.83. The number of rotatable bonds is 9. The number of ether oxygens (including phenoxy) is 3. The molecule has 7 nitrogen and oxygen atoms in total. The second kappa shape index (κ2) is 9.57. The number of fused-ring (bicyclic) bond motifs is 1. The molecule has 0 saturated heterocycles. The highest BCUT2D eigenvalue weighted by Crippen LogP contribution is 2.44. The minimum absolute atomic E-state index is 0.00381. The molecule has 2 aromatic carbocycles. The first-order valence-corrected chi connectivity index (χ1v) is 11.1. The van der Waals surface area contributed by atoms with Crippen molar-refractivity contribution in [3.8, 4) is 11.5 Å². The van der Waals surface area contributed by atoms with Gasteiger partial charge in [-0.25, -0.2) is 18.7 Å². The van der Waals surface area contributed by atoms with Crippen LogP contribution in [-0.4, -0.2) is 42.3 Å². The zero-order chi connectivity index (χ0) is 26.3. The van der Waals surface area contributed by atoms with Gasteiger partial charge in [0.2, 0.25) is 0 Å². The van der Waals surface area contributed by atoms with Crippen LogP contribution in [0.1, 0.15) is 36.3 Å². The van der Waals surface area contributed by atoms with Gasteiger partial charge < -0.3 is 25.3 Å². The highest BCUT2D eigenvalue weighted by atomic mass is 19.4. The first-order valence-electron chi connectivity index (χ1n) is 11.1. The highest BCUT2D eigenvalue weighted by molar-refractivity contribution is 5.92. The summed E-state index contributed by atoms with van der Waals surface area (Å²) < 4.78 is 81.9. The van der Waals surface area contributed by atoms with Crippen molar-refractivity contribution in [3.63, 3.8) is 0 Å². The molecular formula is C24H25F5N4O3. The van der Waals surface area contributed by atoms with Crippen LogP contribution in [0.5, 0.6) is 11.5 Å². The van der Waals surface area contributed by atoms with E-state index in [2.05, 4.69) is 15.3 Å². The molecule has 0 bridgehead atoms. The van der Waals surface area contributed by atoms with Gasteiger partial charge in [-0.2, -0.15) is 13.2 Å². The lowest BCUT2D eigenvalue weighted by Crippen LogP contribution is -2.13. The lowest BCUT2D eigenvalue weighted by atomic mass is 10.0. The molecule has 2 atom stereocenters. The smallest absolute Gasteiger partial charge is 0.416 e. The fourth-order valence-electron chi connectivity index (χ4n) is 3.72. The molecule has 0 spiro atoms. The van der Waals surface area contributed by atoms with Gasteiger partial charge in [0.1, 0.15) is 24.4 Å². The molecule has 2 unspecified atom stereocenters. The summed E-state index contributed by atoms with van der Waals surface area (Å²) in [6.07, 6.45) is -5.92. The Balaban J connectivity index is 1.59.